The quantitative estimate of drug-likeness (QED) is 0.825. The van der Waals surface area contributed by atoms with E-state index in [0.717, 1.165) is 31.7 Å². The number of carbonyl (C=O) groups is 1. The predicted octanol–water partition coefficient (Wildman–Crippen LogP) is 0.855. The smallest absolute Gasteiger partial charge is 0.335 e. The molecule has 0 spiro atoms. The zero-order valence-electron chi connectivity index (χ0n) is 9.97. The van der Waals surface area contributed by atoms with Gasteiger partial charge in [-0.2, -0.15) is 5.26 Å². The summed E-state index contributed by atoms with van der Waals surface area (Å²) in [5.41, 5.74) is 0.974. The number of rotatable bonds is 3. The fourth-order valence-electron chi connectivity index (χ4n) is 2.15. The Balaban J connectivity index is 2.24. The molecule has 2 N–H and O–H groups in total. The number of hydrogen-bond acceptors (Lipinski definition) is 4. The van der Waals surface area contributed by atoms with Crippen molar-refractivity contribution in [3.63, 3.8) is 0 Å². The SMILES string of the molecule is N#CC(c1cccc(C(=O)O)c1)N1CCNCC1. The van der Waals surface area contributed by atoms with Gasteiger partial charge in [0.2, 0.25) is 0 Å². The molecular weight excluding hydrogens is 230 g/mol. The minimum absolute atomic E-state index is 0.225. The predicted molar refractivity (Wildman–Crippen MR) is 66.2 cm³/mol. The van der Waals surface area contributed by atoms with Gasteiger partial charge < -0.3 is 10.4 Å². The topological polar surface area (TPSA) is 76.4 Å². The summed E-state index contributed by atoms with van der Waals surface area (Å²) in [6.45, 7) is 3.32. The first kappa shape index (κ1) is 12.6. The summed E-state index contributed by atoms with van der Waals surface area (Å²) < 4.78 is 0. The minimum Gasteiger partial charge on any atom is -0.478 e. The second kappa shape index (κ2) is 5.63. The number of piperazine rings is 1. The first-order chi connectivity index (χ1) is 8.72. The molecule has 2 rings (SSSR count). The van der Waals surface area contributed by atoms with Gasteiger partial charge in [0.05, 0.1) is 11.6 Å². The maximum atomic E-state index is 10.9. The van der Waals surface area contributed by atoms with Crippen LogP contribution in [-0.4, -0.2) is 42.2 Å². The molecule has 1 heterocycles. The molecule has 1 aromatic carbocycles. The molecule has 0 radical (unpaired) electrons. The van der Waals surface area contributed by atoms with Crippen LogP contribution >= 0.6 is 0 Å². The van der Waals surface area contributed by atoms with E-state index in [1.54, 1.807) is 12.1 Å². The van der Waals surface area contributed by atoms with Crippen molar-refractivity contribution in [1.29, 1.82) is 5.26 Å². The van der Waals surface area contributed by atoms with Crippen molar-refractivity contribution in [2.75, 3.05) is 26.2 Å². The summed E-state index contributed by atoms with van der Waals surface area (Å²) in [7, 11) is 0. The van der Waals surface area contributed by atoms with Gasteiger partial charge in [-0.15, -0.1) is 0 Å². The number of nitrogens with one attached hydrogen (secondary N) is 1. The van der Waals surface area contributed by atoms with Crippen LogP contribution in [0.4, 0.5) is 0 Å². The summed E-state index contributed by atoms with van der Waals surface area (Å²) in [5.74, 6) is -0.964. The zero-order valence-corrected chi connectivity index (χ0v) is 9.97. The van der Waals surface area contributed by atoms with Crippen LogP contribution in [0.1, 0.15) is 22.0 Å². The third kappa shape index (κ3) is 2.67. The third-order valence-electron chi connectivity index (χ3n) is 3.09. The average Bonchev–Trinajstić information content (AvgIpc) is 2.41. The molecule has 1 aliphatic heterocycles. The van der Waals surface area contributed by atoms with E-state index in [1.165, 1.54) is 6.07 Å². The molecule has 0 saturated carbocycles. The standard InChI is InChI=1S/C13H15N3O2/c14-9-12(16-6-4-15-5-7-16)10-2-1-3-11(8-10)13(17)18/h1-3,8,12,15H,4-7H2,(H,17,18). The van der Waals surface area contributed by atoms with Crippen LogP contribution in [-0.2, 0) is 0 Å². The third-order valence-corrected chi connectivity index (χ3v) is 3.09. The molecule has 94 valence electrons. The van der Waals surface area contributed by atoms with Crippen molar-refractivity contribution in [2.24, 2.45) is 0 Å². The highest BCUT2D eigenvalue weighted by Crippen LogP contribution is 2.21. The molecule has 0 aromatic heterocycles. The van der Waals surface area contributed by atoms with Gasteiger partial charge in [-0.05, 0) is 17.7 Å². The van der Waals surface area contributed by atoms with E-state index in [-0.39, 0.29) is 11.6 Å². The van der Waals surface area contributed by atoms with E-state index in [0.29, 0.717) is 0 Å². The van der Waals surface area contributed by atoms with Gasteiger partial charge in [-0.1, -0.05) is 12.1 Å². The molecular formula is C13H15N3O2. The monoisotopic (exact) mass is 245 g/mol. The lowest BCUT2D eigenvalue weighted by Gasteiger charge is -2.31. The number of benzene rings is 1. The van der Waals surface area contributed by atoms with Crippen LogP contribution in [0.15, 0.2) is 24.3 Å². The van der Waals surface area contributed by atoms with Gasteiger partial charge in [-0.25, -0.2) is 4.79 Å². The number of nitriles is 1. The average molecular weight is 245 g/mol. The van der Waals surface area contributed by atoms with Crippen LogP contribution in [0.5, 0.6) is 0 Å². The normalized spacial score (nSPS) is 17.9. The van der Waals surface area contributed by atoms with Crippen LogP contribution < -0.4 is 5.32 Å². The molecule has 0 aliphatic carbocycles. The lowest BCUT2D eigenvalue weighted by Crippen LogP contribution is -2.44. The van der Waals surface area contributed by atoms with E-state index < -0.39 is 5.97 Å². The van der Waals surface area contributed by atoms with Gasteiger partial charge >= 0.3 is 5.97 Å². The molecule has 18 heavy (non-hydrogen) atoms. The zero-order chi connectivity index (χ0) is 13.0. The van der Waals surface area contributed by atoms with Crippen molar-refractivity contribution >= 4 is 5.97 Å². The number of hydrogen-bond donors (Lipinski definition) is 2. The van der Waals surface area contributed by atoms with Crippen LogP contribution in [0.3, 0.4) is 0 Å². The first-order valence-corrected chi connectivity index (χ1v) is 5.90. The van der Waals surface area contributed by atoms with Crippen molar-refractivity contribution in [3.8, 4) is 6.07 Å². The first-order valence-electron chi connectivity index (χ1n) is 5.90. The Morgan fingerprint density at radius 1 is 1.44 bits per heavy atom. The highest BCUT2D eigenvalue weighted by atomic mass is 16.4. The number of aromatic carboxylic acids is 1. The molecule has 5 heteroatoms. The van der Waals surface area contributed by atoms with Crippen molar-refractivity contribution in [3.05, 3.63) is 35.4 Å². The Morgan fingerprint density at radius 3 is 2.78 bits per heavy atom. The Morgan fingerprint density at radius 2 is 2.17 bits per heavy atom. The molecule has 0 amide bonds. The molecule has 1 aromatic rings. The molecule has 5 nitrogen and oxygen atoms in total. The van der Waals surface area contributed by atoms with E-state index >= 15 is 0 Å². The maximum absolute atomic E-state index is 10.9. The molecule has 0 bridgehead atoms. The van der Waals surface area contributed by atoms with Gasteiger partial charge in [-0.3, -0.25) is 4.90 Å². The fourth-order valence-corrected chi connectivity index (χ4v) is 2.15. The highest BCUT2D eigenvalue weighted by molar-refractivity contribution is 5.87. The number of nitrogens with zero attached hydrogens (tertiary/aromatic N) is 2. The van der Waals surface area contributed by atoms with Crippen LogP contribution in [0, 0.1) is 11.3 Å². The molecule has 1 atom stereocenters. The summed E-state index contributed by atoms with van der Waals surface area (Å²) >= 11 is 0. The maximum Gasteiger partial charge on any atom is 0.335 e. The highest BCUT2D eigenvalue weighted by Gasteiger charge is 2.22. The van der Waals surface area contributed by atoms with Crippen molar-refractivity contribution in [1.82, 2.24) is 10.2 Å². The van der Waals surface area contributed by atoms with Gasteiger partial charge in [0.25, 0.3) is 0 Å². The molecule has 1 aliphatic rings. The van der Waals surface area contributed by atoms with E-state index in [9.17, 15) is 10.1 Å². The van der Waals surface area contributed by atoms with Gasteiger partial charge in [0.1, 0.15) is 6.04 Å². The second-order valence-corrected chi connectivity index (χ2v) is 4.25. The van der Waals surface area contributed by atoms with Crippen molar-refractivity contribution in [2.45, 2.75) is 6.04 Å². The lowest BCUT2D eigenvalue weighted by molar-refractivity contribution is 0.0696. The summed E-state index contributed by atoms with van der Waals surface area (Å²) in [5, 5.41) is 21.5. The molecule has 1 unspecified atom stereocenters. The Labute approximate surface area is 106 Å². The van der Waals surface area contributed by atoms with E-state index in [2.05, 4.69) is 16.3 Å². The van der Waals surface area contributed by atoms with Gasteiger partial charge in [0.15, 0.2) is 0 Å². The second-order valence-electron chi connectivity index (χ2n) is 4.25. The summed E-state index contributed by atoms with van der Waals surface area (Å²) in [4.78, 5) is 13.0. The number of carboxylic acids is 1. The molecule has 1 saturated heterocycles. The van der Waals surface area contributed by atoms with Crippen LogP contribution in [0.2, 0.25) is 0 Å². The summed E-state index contributed by atoms with van der Waals surface area (Å²) in [6, 6.07) is 8.51. The van der Waals surface area contributed by atoms with Gasteiger partial charge in [0, 0.05) is 26.2 Å². The largest absolute Gasteiger partial charge is 0.478 e. The Bertz CT molecular complexity index is 475. The Kier molecular flexibility index (Phi) is 3.92. The van der Waals surface area contributed by atoms with E-state index in [4.69, 9.17) is 5.11 Å². The van der Waals surface area contributed by atoms with Crippen molar-refractivity contribution < 1.29 is 9.90 Å². The minimum atomic E-state index is -0.964. The number of carboxylic acid groups (broad SMARTS) is 1. The lowest BCUT2D eigenvalue weighted by atomic mass is 10.0. The summed E-state index contributed by atoms with van der Waals surface area (Å²) in [6.07, 6.45) is 0. The van der Waals surface area contributed by atoms with E-state index in [1.807, 2.05) is 6.07 Å². The fraction of sp³-hybridized carbons (Fsp3) is 0.385. The Hall–Kier alpha value is -1.90. The van der Waals surface area contributed by atoms with Crippen LogP contribution in [0.25, 0.3) is 0 Å². The molecule has 1 fully saturated rings.